The average Bonchev–Trinajstić information content (AvgIpc) is 2.38. The highest BCUT2D eigenvalue weighted by Gasteiger charge is 2.07. The monoisotopic (exact) mass is 231 g/mol. The van der Waals surface area contributed by atoms with Crippen LogP contribution in [0.15, 0.2) is 18.2 Å². The van der Waals surface area contributed by atoms with Crippen LogP contribution < -0.4 is 16.0 Å². The molecule has 0 unspecified atom stereocenters. The second-order valence-electron chi connectivity index (χ2n) is 3.51. The Morgan fingerprint density at radius 1 is 1.24 bits per heavy atom. The van der Waals surface area contributed by atoms with Crippen molar-refractivity contribution in [2.75, 3.05) is 31.3 Å². The fourth-order valence-corrected chi connectivity index (χ4v) is 1.40. The number of rotatable bonds is 5. The van der Waals surface area contributed by atoms with E-state index >= 15 is 0 Å². The summed E-state index contributed by atoms with van der Waals surface area (Å²) < 4.78 is 0. The standard InChI is InChI=1S/C13H17N3O/c1-4-5-6-16-13(17)10-7-11(14-2)9-12(8-10)15-3/h1,7-9,14-15H,5-6H2,2-3H3,(H,16,17). The zero-order valence-electron chi connectivity index (χ0n) is 10.1. The molecule has 0 spiro atoms. The van der Waals surface area contributed by atoms with E-state index in [1.54, 1.807) is 12.1 Å². The molecule has 4 nitrogen and oxygen atoms in total. The zero-order valence-corrected chi connectivity index (χ0v) is 10.1. The fourth-order valence-electron chi connectivity index (χ4n) is 1.40. The molecule has 1 aromatic carbocycles. The first-order valence-corrected chi connectivity index (χ1v) is 5.43. The first kappa shape index (κ1) is 12.9. The summed E-state index contributed by atoms with van der Waals surface area (Å²) in [4.78, 5) is 11.8. The predicted octanol–water partition coefficient (Wildman–Crippen LogP) is 1.52. The van der Waals surface area contributed by atoms with Gasteiger partial charge >= 0.3 is 0 Å². The van der Waals surface area contributed by atoms with Gasteiger partial charge in [-0.2, -0.15) is 0 Å². The molecule has 1 rings (SSSR count). The molecule has 0 aliphatic rings. The number of benzene rings is 1. The third-order valence-electron chi connectivity index (χ3n) is 2.33. The molecular weight excluding hydrogens is 214 g/mol. The maximum atomic E-state index is 11.8. The normalized spacial score (nSPS) is 9.24. The number of hydrogen-bond acceptors (Lipinski definition) is 3. The number of terminal acetylenes is 1. The Hall–Kier alpha value is -2.15. The minimum absolute atomic E-state index is 0.117. The van der Waals surface area contributed by atoms with Crippen LogP contribution in [0.4, 0.5) is 11.4 Å². The second kappa shape index (κ2) is 6.44. The summed E-state index contributed by atoms with van der Waals surface area (Å²) in [5, 5.41) is 8.79. The van der Waals surface area contributed by atoms with Crippen LogP contribution in [-0.2, 0) is 0 Å². The highest BCUT2D eigenvalue weighted by Crippen LogP contribution is 2.18. The molecule has 0 heterocycles. The second-order valence-corrected chi connectivity index (χ2v) is 3.51. The Morgan fingerprint density at radius 3 is 2.29 bits per heavy atom. The van der Waals surface area contributed by atoms with E-state index in [2.05, 4.69) is 21.9 Å². The van der Waals surface area contributed by atoms with Gasteiger partial charge in [0.15, 0.2) is 0 Å². The molecule has 17 heavy (non-hydrogen) atoms. The maximum absolute atomic E-state index is 11.8. The van der Waals surface area contributed by atoms with Gasteiger partial charge in [0.05, 0.1) is 0 Å². The van der Waals surface area contributed by atoms with Crippen LogP contribution in [-0.4, -0.2) is 26.5 Å². The molecular formula is C13H17N3O. The van der Waals surface area contributed by atoms with E-state index in [-0.39, 0.29) is 5.91 Å². The Balaban J connectivity index is 2.82. The lowest BCUT2D eigenvalue weighted by atomic mass is 10.1. The molecule has 0 radical (unpaired) electrons. The Bertz CT molecular complexity index is 413. The van der Waals surface area contributed by atoms with Crippen molar-refractivity contribution in [3.05, 3.63) is 23.8 Å². The smallest absolute Gasteiger partial charge is 0.251 e. The van der Waals surface area contributed by atoms with E-state index in [0.717, 1.165) is 11.4 Å². The van der Waals surface area contributed by atoms with Crippen molar-refractivity contribution in [2.24, 2.45) is 0 Å². The summed E-state index contributed by atoms with van der Waals surface area (Å²) in [6, 6.07) is 5.52. The van der Waals surface area contributed by atoms with Gasteiger partial charge in [0.25, 0.3) is 5.91 Å². The molecule has 0 saturated heterocycles. The lowest BCUT2D eigenvalue weighted by Crippen LogP contribution is -2.24. The van der Waals surface area contributed by atoms with Gasteiger partial charge in [-0.25, -0.2) is 0 Å². The number of amides is 1. The molecule has 0 aliphatic carbocycles. The molecule has 0 bridgehead atoms. The van der Waals surface area contributed by atoms with Gasteiger partial charge in [-0.05, 0) is 18.2 Å². The number of anilines is 2. The van der Waals surface area contributed by atoms with Crippen LogP contribution in [0.5, 0.6) is 0 Å². The number of carbonyl (C=O) groups excluding carboxylic acids is 1. The van der Waals surface area contributed by atoms with Gasteiger partial charge in [-0.3, -0.25) is 4.79 Å². The van der Waals surface area contributed by atoms with Gasteiger partial charge in [0, 0.05) is 44.0 Å². The summed E-state index contributed by atoms with van der Waals surface area (Å²) in [6.45, 7) is 0.494. The number of carbonyl (C=O) groups is 1. The van der Waals surface area contributed by atoms with Crippen molar-refractivity contribution in [1.29, 1.82) is 0 Å². The van der Waals surface area contributed by atoms with E-state index in [1.165, 1.54) is 0 Å². The largest absolute Gasteiger partial charge is 0.388 e. The van der Waals surface area contributed by atoms with Crippen molar-refractivity contribution in [2.45, 2.75) is 6.42 Å². The number of nitrogens with one attached hydrogen (secondary N) is 3. The summed E-state index contributed by atoms with van der Waals surface area (Å²) in [5.74, 6) is 2.36. The zero-order chi connectivity index (χ0) is 12.7. The van der Waals surface area contributed by atoms with Crippen LogP contribution >= 0.6 is 0 Å². The quantitative estimate of drug-likeness (QED) is 0.532. The number of hydrogen-bond donors (Lipinski definition) is 3. The fraction of sp³-hybridized carbons (Fsp3) is 0.308. The lowest BCUT2D eigenvalue weighted by Gasteiger charge is -2.09. The van der Waals surface area contributed by atoms with Crippen LogP contribution in [0, 0.1) is 12.3 Å². The van der Waals surface area contributed by atoms with Gasteiger partial charge in [0.1, 0.15) is 0 Å². The Kier molecular flexibility index (Phi) is 4.89. The molecule has 0 aliphatic heterocycles. The molecule has 3 N–H and O–H groups in total. The van der Waals surface area contributed by atoms with Gasteiger partial charge in [0.2, 0.25) is 0 Å². The van der Waals surface area contributed by atoms with Gasteiger partial charge in [-0.1, -0.05) is 0 Å². The summed E-state index contributed by atoms with van der Waals surface area (Å²) >= 11 is 0. The average molecular weight is 231 g/mol. The molecule has 0 saturated carbocycles. The minimum atomic E-state index is -0.117. The summed E-state index contributed by atoms with van der Waals surface area (Å²) in [5.41, 5.74) is 2.39. The molecule has 0 fully saturated rings. The van der Waals surface area contributed by atoms with Crippen molar-refractivity contribution < 1.29 is 4.79 Å². The van der Waals surface area contributed by atoms with Crippen molar-refractivity contribution >= 4 is 17.3 Å². The molecule has 1 amide bonds. The first-order chi connectivity index (χ1) is 8.21. The minimum Gasteiger partial charge on any atom is -0.388 e. The van der Waals surface area contributed by atoms with Crippen LogP contribution in [0.3, 0.4) is 0 Å². The molecule has 90 valence electrons. The molecule has 0 atom stereocenters. The van der Waals surface area contributed by atoms with Gasteiger partial charge in [-0.15, -0.1) is 12.3 Å². The van der Waals surface area contributed by atoms with Crippen LogP contribution in [0.1, 0.15) is 16.8 Å². The lowest BCUT2D eigenvalue weighted by molar-refractivity contribution is 0.0954. The van der Waals surface area contributed by atoms with Crippen LogP contribution in [0.2, 0.25) is 0 Å². The molecule has 4 heteroatoms. The third kappa shape index (κ3) is 3.72. The summed E-state index contributed by atoms with van der Waals surface area (Å²) in [6.07, 6.45) is 5.66. The highest BCUT2D eigenvalue weighted by atomic mass is 16.1. The van der Waals surface area contributed by atoms with E-state index in [1.807, 2.05) is 20.2 Å². The summed E-state index contributed by atoms with van der Waals surface area (Å²) in [7, 11) is 3.63. The SMILES string of the molecule is C#CCCNC(=O)c1cc(NC)cc(NC)c1. The predicted molar refractivity (Wildman–Crippen MR) is 71.3 cm³/mol. The highest BCUT2D eigenvalue weighted by molar-refractivity contribution is 5.96. The van der Waals surface area contributed by atoms with Crippen molar-refractivity contribution in [1.82, 2.24) is 5.32 Å². The van der Waals surface area contributed by atoms with Crippen molar-refractivity contribution in [3.8, 4) is 12.3 Å². The molecule has 1 aromatic rings. The molecule has 0 aromatic heterocycles. The maximum Gasteiger partial charge on any atom is 0.251 e. The topological polar surface area (TPSA) is 53.2 Å². The Labute approximate surface area is 102 Å². The first-order valence-electron chi connectivity index (χ1n) is 5.43. The van der Waals surface area contributed by atoms with Gasteiger partial charge < -0.3 is 16.0 Å². The van der Waals surface area contributed by atoms with Crippen molar-refractivity contribution in [3.63, 3.8) is 0 Å². The van der Waals surface area contributed by atoms with Crippen LogP contribution in [0.25, 0.3) is 0 Å². The van der Waals surface area contributed by atoms with E-state index in [9.17, 15) is 4.79 Å². The Morgan fingerprint density at radius 2 is 1.82 bits per heavy atom. The van der Waals surface area contributed by atoms with E-state index < -0.39 is 0 Å². The third-order valence-corrected chi connectivity index (χ3v) is 2.33. The van der Waals surface area contributed by atoms with E-state index in [4.69, 9.17) is 6.42 Å². The van der Waals surface area contributed by atoms with E-state index in [0.29, 0.717) is 18.5 Å².